The normalized spacial score (nSPS) is 16.5. The Kier molecular flexibility index (Phi) is 6.39. The molecule has 1 aliphatic carbocycles. The lowest BCUT2D eigenvalue weighted by atomic mass is 9.95. The van der Waals surface area contributed by atoms with Crippen LogP contribution in [-0.4, -0.2) is 32.2 Å². The van der Waals surface area contributed by atoms with E-state index in [0.717, 1.165) is 12.8 Å². The van der Waals surface area contributed by atoms with Crippen molar-refractivity contribution in [2.75, 3.05) is 19.5 Å². The number of nitrogens with one attached hydrogen (secondary N) is 2. The zero-order valence-corrected chi connectivity index (χ0v) is 14.7. The van der Waals surface area contributed by atoms with E-state index in [-0.39, 0.29) is 11.9 Å². The maximum absolute atomic E-state index is 12.4. The predicted octanol–water partition coefficient (Wildman–Crippen LogP) is 3.61. The molecule has 0 heterocycles. The molecule has 0 spiro atoms. The van der Waals surface area contributed by atoms with Crippen LogP contribution < -0.4 is 20.1 Å². The molecule has 0 radical (unpaired) electrons. The second-order valence-electron chi connectivity index (χ2n) is 5.90. The molecule has 128 valence electrons. The van der Waals surface area contributed by atoms with Crippen molar-refractivity contribution in [3.8, 4) is 11.5 Å². The summed E-state index contributed by atoms with van der Waals surface area (Å²) in [6, 6.07) is 3.33. The highest BCUT2D eigenvalue weighted by molar-refractivity contribution is 6.32. The topological polar surface area (TPSA) is 59.6 Å². The molecule has 2 rings (SSSR count). The van der Waals surface area contributed by atoms with Crippen LogP contribution in [0.3, 0.4) is 0 Å². The van der Waals surface area contributed by atoms with Crippen molar-refractivity contribution in [1.82, 2.24) is 5.32 Å². The highest BCUT2D eigenvalue weighted by Crippen LogP contribution is 2.36. The summed E-state index contributed by atoms with van der Waals surface area (Å²) in [5, 5.41) is 6.75. The fraction of sp³-hybridized carbons (Fsp3) is 0.588. The van der Waals surface area contributed by atoms with Crippen LogP contribution in [0.4, 0.5) is 5.69 Å². The maximum Gasteiger partial charge on any atom is 0.242 e. The highest BCUT2D eigenvalue weighted by Gasteiger charge is 2.21. The summed E-state index contributed by atoms with van der Waals surface area (Å²) in [5.41, 5.74) is 0.671. The summed E-state index contributed by atoms with van der Waals surface area (Å²) >= 11 is 6.16. The first kappa shape index (κ1) is 17.7. The van der Waals surface area contributed by atoms with Gasteiger partial charge in [-0.1, -0.05) is 30.9 Å². The van der Waals surface area contributed by atoms with E-state index in [1.165, 1.54) is 19.3 Å². The molecule has 2 N–H and O–H groups in total. The maximum atomic E-state index is 12.4. The molecule has 5 nitrogen and oxygen atoms in total. The average Bonchev–Trinajstić information content (AvgIpc) is 2.56. The van der Waals surface area contributed by atoms with Crippen LogP contribution in [-0.2, 0) is 4.79 Å². The van der Waals surface area contributed by atoms with Crippen molar-refractivity contribution < 1.29 is 14.3 Å². The Morgan fingerprint density at radius 2 is 1.83 bits per heavy atom. The van der Waals surface area contributed by atoms with E-state index in [1.54, 1.807) is 26.4 Å². The standard InChI is InChI=1S/C17H25ClN2O3/c1-11(17(21)20-12-7-5-4-6-8-12)19-14-9-13(18)15(22-2)10-16(14)23-3/h9-12,19H,4-8H2,1-3H3,(H,20,21)/t11-/m0/s1. The van der Waals surface area contributed by atoms with Crippen LogP contribution in [0.2, 0.25) is 5.02 Å². The number of hydrogen-bond acceptors (Lipinski definition) is 4. The zero-order valence-electron chi connectivity index (χ0n) is 13.9. The third-order valence-electron chi connectivity index (χ3n) is 4.19. The molecular weight excluding hydrogens is 316 g/mol. The van der Waals surface area contributed by atoms with Gasteiger partial charge in [0.15, 0.2) is 0 Å². The first-order valence-electron chi connectivity index (χ1n) is 8.03. The SMILES string of the molecule is COc1cc(OC)c(N[C@@H](C)C(=O)NC2CCCCC2)cc1Cl. The largest absolute Gasteiger partial charge is 0.495 e. The molecule has 6 heteroatoms. The van der Waals surface area contributed by atoms with Crippen LogP contribution >= 0.6 is 11.6 Å². The number of carbonyl (C=O) groups excluding carboxylic acids is 1. The van der Waals surface area contributed by atoms with Gasteiger partial charge in [0.05, 0.1) is 24.9 Å². The Morgan fingerprint density at radius 1 is 1.17 bits per heavy atom. The summed E-state index contributed by atoms with van der Waals surface area (Å²) in [4.78, 5) is 12.4. The molecule has 0 aromatic heterocycles. The average molecular weight is 341 g/mol. The van der Waals surface area contributed by atoms with E-state index in [9.17, 15) is 4.79 Å². The van der Waals surface area contributed by atoms with Gasteiger partial charge in [-0.15, -0.1) is 0 Å². The number of rotatable bonds is 6. The molecule has 1 aromatic carbocycles. The molecule has 0 unspecified atom stereocenters. The fourth-order valence-corrected chi connectivity index (χ4v) is 3.09. The van der Waals surface area contributed by atoms with Crippen molar-refractivity contribution in [1.29, 1.82) is 0 Å². The summed E-state index contributed by atoms with van der Waals surface area (Å²) in [6.45, 7) is 1.83. The van der Waals surface area contributed by atoms with E-state index in [4.69, 9.17) is 21.1 Å². The lowest BCUT2D eigenvalue weighted by molar-refractivity contribution is -0.122. The minimum Gasteiger partial charge on any atom is -0.495 e. The van der Waals surface area contributed by atoms with Gasteiger partial charge in [-0.05, 0) is 25.8 Å². The van der Waals surface area contributed by atoms with Crippen molar-refractivity contribution in [2.45, 2.75) is 51.1 Å². The molecule has 0 saturated heterocycles. The Hall–Kier alpha value is -1.62. The molecule has 1 aromatic rings. The summed E-state index contributed by atoms with van der Waals surface area (Å²) in [6.07, 6.45) is 5.78. The van der Waals surface area contributed by atoms with E-state index in [0.29, 0.717) is 28.3 Å². The number of halogens is 1. The van der Waals surface area contributed by atoms with E-state index in [2.05, 4.69) is 10.6 Å². The van der Waals surface area contributed by atoms with Gasteiger partial charge in [-0.2, -0.15) is 0 Å². The Bertz CT molecular complexity index is 545. The smallest absolute Gasteiger partial charge is 0.242 e. The molecule has 0 aliphatic heterocycles. The van der Waals surface area contributed by atoms with Crippen molar-refractivity contribution in [3.63, 3.8) is 0 Å². The quantitative estimate of drug-likeness (QED) is 0.830. The first-order chi connectivity index (χ1) is 11.0. The van der Waals surface area contributed by atoms with E-state index < -0.39 is 0 Å². The molecule has 23 heavy (non-hydrogen) atoms. The van der Waals surface area contributed by atoms with Crippen molar-refractivity contribution in [3.05, 3.63) is 17.2 Å². The molecular formula is C17H25ClN2O3. The third-order valence-corrected chi connectivity index (χ3v) is 4.49. The lowest BCUT2D eigenvalue weighted by Crippen LogP contribution is -2.44. The molecule has 1 atom stereocenters. The number of hydrogen-bond donors (Lipinski definition) is 2. The van der Waals surface area contributed by atoms with Gasteiger partial charge >= 0.3 is 0 Å². The number of anilines is 1. The molecule has 0 bridgehead atoms. The van der Waals surface area contributed by atoms with Gasteiger partial charge in [-0.25, -0.2) is 0 Å². The van der Waals surface area contributed by atoms with Crippen molar-refractivity contribution >= 4 is 23.2 Å². The van der Waals surface area contributed by atoms with Crippen LogP contribution in [0.25, 0.3) is 0 Å². The Balaban J connectivity index is 2.02. The predicted molar refractivity (Wildman–Crippen MR) is 92.7 cm³/mol. The second-order valence-corrected chi connectivity index (χ2v) is 6.30. The van der Waals surface area contributed by atoms with Gasteiger partial charge in [0, 0.05) is 12.1 Å². The molecule has 1 aliphatic rings. The summed E-state index contributed by atoms with van der Waals surface area (Å²) < 4.78 is 10.5. The summed E-state index contributed by atoms with van der Waals surface area (Å²) in [7, 11) is 3.12. The number of methoxy groups -OCH3 is 2. The van der Waals surface area contributed by atoms with E-state index in [1.807, 2.05) is 6.92 Å². The number of carbonyl (C=O) groups is 1. The number of benzene rings is 1. The minimum atomic E-state index is -0.379. The Labute approximate surface area is 142 Å². The van der Waals surface area contributed by atoms with Gasteiger partial charge in [0.25, 0.3) is 0 Å². The van der Waals surface area contributed by atoms with Crippen LogP contribution in [0.5, 0.6) is 11.5 Å². The zero-order chi connectivity index (χ0) is 16.8. The van der Waals surface area contributed by atoms with Gasteiger partial charge in [0.2, 0.25) is 5.91 Å². The summed E-state index contributed by atoms with van der Waals surface area (Å²) in [5.74, 6) is 1.11. The molecule has 1 fully saturated rings. The van der Waals surface area contributed by atoms with Gasteiger partial charge < -0.3 is 20.1 Å². The molecule has 1 saturated carbocycles. The minimum absolute atomic E-state index is 0.00843. The number of ether oxygens (including phenoxy) is 2. The van der Waals surface area contributed by atoms with Crippen LogP contribution in [0.1, 0.15) is 39.0 Å². The highest BCUT2D eigenvalue weighted by atomic mass is 35.5. The first-order valence-corrected chi connectivity index (χ1v) is 8.41. The van der Waals surface area contributed by atoms with Crippen molar-refractivity contribution in [2.24, 2.45) is 0 Å². The van der Waals surface area contributed by atoms with Crippen LogP contribution in [0.15, 0.2) is 12.1 Å². The number of amides is 1. The van der Waals surface area contributed by atoms with Crippen LogP contribution in [0, 0.1) is 0 Å². The monoisotopic (exact) mass is 340 g/mol. The fourth-order valence-electron chi connectivity index (χ4n) is 2.84. The molecule has 1 amide bonds. The lowest BCUT2D eigenvalue weighted by Gasteiger charge is -2.25. The van der Waals surface area contributed by atoms with Gasteiger partial charge in [0.1, 0.15) is 17.5 Å². The van der Waals surface area contributed by atoms with E-state index >= 15 is 0 Å². The van der Waals surface area contributed by atoms with Gasteiger partial charge in [-0.3, -0.25) is 4.79 Å². The Morgan fingerprint density at radius 3 is 2.43 bits per heavy atom. The second kappa shape index (κ2) is 8.29. The third kappa shape index (κ3) is 4.67.